The number of allylic oxidation sites excluding steroid dienone is 2. The van der Waals surface area contributed by atoms with Gasteiger partial charge in [-0.05, 0) is 44.4 Å². The van der Waals surface area contributed by atoms with Gasteiger partial charge in [0.2, 0.25) is 0 Å². The maximum Gasteiger partial charge on any atom is 0.261 e. The normalized spacial score (nSPS) is 20.9. The zero-order chi connectivity index (χ0) is 18.7. The molecule has 0 N–H and O–H groups in total. The minimum absolute atomic E-state index is 0.154. The van der Waals surface area contributed by atoms with E-state index < -0.39 is 5.67 Å². The van der Waals surface area contributed by atoms with Crippen molar-refractivity contribution in [3.63, 3.8) is 0 Å². The third-order valence-electron chi connectivity index (χ3n) is 5.23. The number of nitrogens with zero attached hydrogens (tertiary/aromatic N) is 2. The second-order valence-corrected chi connectivity index (χ2v) is 7.03. The number of fused-ring (bicyclic) bond motifs is 1. The van der Waals surface area contributed by atoms with Gasteiger partial charge in [-0.1, -0.05) is 30.4 Å². The van der Waals surface area contributed by atoms with Gasteiger partial charge in [-0.2, -0.15) is 0 Å². The van der Waals surface area contributed by atoms with Gasteiger partial charge in [-0.3, -0.25) is 19.4 Å². The summed E-state index contributed by atoms with van der Waals surface area (Å²) in [5.41, 5.74) is 0.449. The molecule has 0 radical (unpaired) electrons. The number of carbonyl (C=O) groups excluding carboxylic acids is 2. The van der Waals surface area contributed by atoms with Crippen molar-refractivity contribution in [3.8, 4) is 0 Å². The molecule has 2 aliphatic heterocycles. The Hall–Kier alpha value is -2.27. The number of imide groups is 1. The van der Waals surface area contributed by atoms with Crippen LogP contribution in [0.25, 0.3) is 0 Å². The van der Waals surface area contributed by atoms with E-state index in [2.05, 4.69) is 17.1 Å². The highest BCUT2D eigenvalue weighted by atomic mass is 19.1. The van der Waals surface area contributed by atoms with E-state index in [0.29, 0.717) is 37.1 Å². The van der Waals surface area contributed by atoms with Crippen molar-refractivity contribution in [1.29, 1.82) is 0 Å². The molecule has 1 saturated heterocycles. The largest absolute Gasteiger partial charge is 0.299 e. The second-order valence-electron chi connectivity index (χ2n) is 7.03. The van der Waals surface area contributed by atoms with E-state index in [1.165, 1.54) is 5.57 Å². The van der Waals surface area contributed by atoms with Gasteiger partial charge >= 0.3 is 0 Å². The number of halogens is 1. The van der Waals surface area contributed by atoms with Gasteiger partial charge in [0.15, 0.2) is 0 Å². The lowest BCUT2D eigenvalue weighted by atomic mass is 9.92. The summed E-state index contributed by atoms with van der Waals surface area (Å²) >= 11 is 0. The van der Waals surface area contributed by atoms with Crippen molar-refractivity contribution in [2.45, 2.75) is 32.4 Å². The van der Waals surface area contributed by atoms with Crippen LogP contribution < -0.4 is 0 Å². The van der Waals surface area contributed by atoms with Crippen LogP contribution in [0.1, 0.15) is 47.4 Å². The number of hydrogen-bond donors (Lipinski definition) is 0. The van der Waals surface area contributed by atoms with Crippen LogP contribution in [0, 0.1) is 0 Å². The molecule has 3 rings (SSSR count). The summed E-state index contributed by atoms with van der Waals surface area (Å²) in [5, 5.41) is 0. The minimum atomic E-state index is -1.51. The van der Waals surface area contributed by atoms with Crippen LogP contribution in [0.15, 0.2) is 48.1 Å². The molecule has 0 aromatic heterocycles. The Labute approximate surface area is 154 Å². The molecule has 5 heteroatoms. The van der Waals surface area contributed by atoms with Crippen molar-refractivity contribution in [1.82, 2.24) is 9.80 Å². The van der Waals surface area contributed by atoms with Crippen molar-refractivity contribution >= 4 is 11.8 Å². The average Bonchev–Trinajstić information content (AvgIpc) is 2.88. The van der Waals surface area contributed by atoms with Gasteiger partial charge in [0, 0.05) is 19.6 Å². The third-order valence-corrected chi connectivity index (χ3v) is 5.23. The molecule has 1 aromatic carbocycles. The molecule has 0 atom stereocenters. The SMILES string of the molecule is CC=CC(=CC)CN1CCC(F)(CN2C(=O)c3ccccc3C2=O)CC1. The molecule has 0 aliphatic carbocycles. The van der Waals surface area contributed by atoms with E-state index in [-0.39, 0.29) is 18.4 Å². The standard InChI is InChI=1S/C21H25FN2O2/c1-3-7-16(4-2)14-23-12-10-21(22,11-13-23)15-24-19(25)17-8-5-6-9-18(17)20(24)26/h3-9H,10-15H2,1-2H3. The number of benzene rings is 1. The van der Waals surface area contributed by atoms with Crippen molar-refractivity contribution in [2.24, 2.45) is 0 Å². The molecule has 1 fully saturated rings. The van der Waals surface area contributed by atoms with Crippen LogP contribution in [-0.4, -0.2) is 53.5 Å². The van der Waals surface area contributed by atoms with Gasteiger partial charge in [-0.15, -0.1) is 0 Å². The summed E-state index contributed by atoms with van der Waals surface area (Å²) in [6, 6.07) is 6.70. The summed E-state index contributed by atoms with van der Waals surface area (Å²) in [6.07, 6.45) is 6.79. The fourth-order valence-electron chi connectivity index (χ4n) is 3.65. The first-order valence-electron chi connectivity index (χ1n) is 9.12. The zero-order valence-electron chi connectivity index (χ0n) is 15.4. The number of likely N-dealkylation sites (tertiary alicyclic amines) is 1. The van der Waals surface area contributed by atoms with E-state index in [9.17, 15) is 9.59 Å². The Morgan fingerprint density at radius 2 is 1.69 bits per heavy atom. The molecule has 138 valence electrons. The van der Waals surface area contributed by atoms with Crippen LogP contribution in [0.5, 0.6) is 0 Å². The Bertz CT molecular complexity index is 726. The number of hydrogen-bond acceptors (Lipinski definition) is 3. The summed E-state index contributed by atoms with van der Waals surface area (Å²) in [5.74, 6) is -0.760. The molecule has 0 bridgehead atoms. The molecule has 0 saturated carbocycles. The highest BCUT2D eigenvalue weighted by Crippen LogP contribution is 2.31. The molecule has 26 heavy (non-hydrogen) atoms. The average molecular weight is 356 g/mol. The molecule has 0 spiro atoms. The predicted molar refractivity (Wildman–Crippen MR) is 99.9 cm³/mol. The lowest BCUT2D eigenvalue weighted by Gasteiger charge is -2.38. The summed E-state index contributed by atoms with van der Waals surface area (Å²) in [6.45, 7) is 5.86. The van der Waals surface area contributed by atoms with E-state index in [0.717, 1.165) is 11.4 Å². The number of amides is 2. The van der Waals surface area contributed by atoms with Gasteiger partial charge < -0.3 is 0 Å². The van der Waals surface area contributed by atoms with E-state index in [4.69, 9.17) is 0 Å². The minimum Gasteiger partial charge on any atom is -0.299 e. The Morgan fingerprint density at radius 1 is 1.12 bits per heavy atom. The van der Waals surface area contributed by atoms with E-state index in [1.807, 2.05) is 19.9 Å². The van der Waals surface area contributed by atoms with E-state index in [1.54, 1.807) is 24.3 Å². The Kier molecular flexibility index (Phi) is 5.37. The van der Waals surface area contributed by atoms with Crippen LogP contribution >= 0.6 is 0 Å². The third kappa shape index (κ3) is 3.63. The van der Waals surface area contributed by atoms with Gasteiger partial charge in [-0.25, -0.2) is 4.39 Å². The molecule has 0 unspecified atom stereocenters. The zero-order valence-corrected chi connectivity index (χ0v) is 15.4. The fraction of sp³-hybridized carbons (Fsp3) is 0.429. The first-order chi connectivity index (χ1) is 12.5. The first-order valence-corrected chi connectivity index (χ1v) is 9.12. The topological polar surface area (TPSA) is 40.6 Å². The summed E-state index contributed by atoms with van der Waals surface area (Å²) in [4.78, 5) is 28.2. The summed E-state index contributed by atoms with van der Waals surface area (Å²) < 4.78 is 15.3. The summed E-state index contributed by atoms with van der Waals surface area (Å²) in [7, 11) is 0. The van der Waals surface area contributed by atoms with Gasteiger partial charge in [0.05, 0.1) is 17.7 Å². The van der Waals surface area contributed by atoms with Crippen LogP contribution in [0.3, 0.4) is 0 Å². The van der Waals surface area contributed by atoms with E-state index >= 15 is 4.39 Å². The predicted octanol–water partition coefficient (Wildman–Crippen LogP) is 3.61. The smallest absolute Gasteiger partial charge is 0.261 e. The lowest BCUT2D eigenvalue weighted by Crippen LogP contribution is -2.49. The van der Waals surface area contributed by atoms with Crippen molar-refractivity contribution in [2.75, 3.05) is 26.2 Å². The second kappa shape index (κ2) is 7.54. The fourth-order valence-corrected chi connectivity index (χ4v) is 3.65. The number of carbonyl (C=O) groups is 2. The highest BCUT2D eigenvalue weighted by Gasteiger charge is 2.43. The number of piperidine rings is 1. The first kappa shape index (κ1) is 18.5. The maximum absolute atomic E-state index is 15.3. The van der Waals surface area contributed by atoms with Crippen LogP contribution in [0.2, 0.25) is 0 Å². The van der Waals surface area contributed by atoms with Crippen molar-refractivity contribution < 1.29 is 14.0 Å². The quantitative estimate of drug-likeness (QED) is 0.598. The number of rotatable bonds is 5. The Balaban J connectivity index is 1.62. The Morgan fingerprint density at radius 3 is 2.19 bits per heavy atom. The van der Waals surface area contributed by atoms with Crippen molar-refractivity contribution in [3.05, 3.63) is 59.2 Å². The molecule has 4 nitrogen and oxygen atoms in total. The molecule has 2 amide bonds. The molecule has 2 heterocycles. The van der Waals surface area contributed by atoms with Crippen LogP contribution in [-0.2, 0) is 0 Å². The van der Waals surface area contributed by atoms with Crippen LogP contribution in [0.4, 0.5) is 4.39 Å². The number of alkyl halides is 1. The molecule has 1 aromatic rings. The molecule has 2 aliphatic rings. The van der Waals surface area contributed by atoms with Gasteiger partial charge in [0.1, 0.15) is 5.67 Å². The lowest BCUT2D eigenvalue weighted by molar-refractivity contribution is 0.0248. The maximum atomic E-state index is 15.3. The molecular weight excluding hydrogens is 331 g/mol. The van der Waals surface area contributed by atoms with Gasteiger partial charge in [0.25, 0.3) is 11.8 Å². The monoisotopic (exact) mass is 356 g/mol. The highest BCUT2D eigenvalue weighted by molar-refractivity contribution is 6.21. The molecular formula is C21H25FN2O2.